The lowest BCUT2D eigenvalue weighted by molar-refractivity contribution is 0.750. The molecule has 7 rings (SSSR count). The van der Waals surface area contributed by atoms with E-state index in [9.17, 15) is 0 Å². The van der Waals surface area contributed by atoms with E-state index in [2.05, 4.69) is 181 Å². The molecule has 1 atom stereocenters. The van der Waals surface area contributed by atoms with Gasteiger partial charge in [0.25, 0.3) is 0 Å². The molecule has 0 aliphatic carbocycles. The molecule has 51 heavy (non-hydrogen) atoms. The second kappa shape index (κ2) is 15.8. The van der Waals surface area contributed by atoms with Gasteiger partial charge in [0.2, 0.25) is 5.96 Å². The lowest BCUT2D eigenvalue weighted by Crippen LogP contribution is -2.32. The zero-order valence-electron chi connectivity index (χ0n) is 28.9. The number of benzene rings is 7. The van der Waals surface area contributed by atoms with E-state index >= 15 is 0 Å². The summed E-state index contributed by atoms with van der Waals surface area (Å²) in [4.78, 5) is 15.3. The van der Waals surface area contributed by atoms with Gasteiger partial charge in [0.15, 0.2) is 0 Å². The summed E-state index contributed by atoms with van der Waals surface area (Å²) in [5.41, 5.74) is 10.5. The maximum atomic E-state index is 5.53. The van der Waals surface area contributed by atoms with Crippen LogP contribution in [0.3, 0.4) is 0 Å². The molecule has 0 aromatic heterocycles. The van der Waals surface area contributed by atoms with Crippen LogP contribution in [0.4, 0.5) is 22.7 Å². The summed E-state index contributed by atoms with van der Waals surface area (Å²) in [5.74, 6) is 0.584. The van der Waals surface area contributed by atoms with E-state index in [0.29, 0.717) is 5.96 Å². The minimum Gasteiger partial charge on any atom is -0.319 e. The molecule has 0 spiro atoms. The summed E-state index contributed by atoms with van der Waals surface area (Å²) in [6, 6.07) is 69.4. The average molecular weight is 661 g/mol. The van der Waals surface area contributed by atoms with Gasteiger partial charge >= 0.3 is 0 Å². The van der Waals surface area contributed by atoms with Crippen molar-refractivity contribution < 1.29 is 0 Å². The largest absolute Gasteiger partial charge is 0.319 e. The number of rotatable bonds is 9. The standard InChI is InChI=1S/C47H40N4/c1-36(38-20-8-3-9-21-38)48-47(51(44-30-16-7-17-31-44)46-33-19-27-42(35-46)40-24-12-5-13-25-40)49-37(2)50(43-28-14-6-15-29-43)45-32-18-26-41(34-45)39-22-10-4-11-23-39/h3-35,37H,1-2H3/b48-36+,49-47+. The van der Waals surface area contributed by atoms with Crippen molar-refractivity contribution in [1.82, 2.24) is 0 Å². The third-order valence-electron chi connectivity index (χ3n) is 8.83. The fourth-order valence-electron chi connectivity index (χ4n) is 6.30. The van der Waals surface area contributed by atoms with Gasteiger partial charge in [-0.3, -0.25) is 4.90 Å². The Labute approximate surface area is 301 Å². The molecule has 4 nitrogen and oxygen atoms in total. The predicted molar refractivity (Wildman–Crippen MR) is 216 cm³/mol. The monoisotopic (exact) mass is 660 g/mol. The Bertz CT molecular complexity index is 2220. The Hall–Kier alpha value is -6.52. The lowest BCUT2D eigenvalue weighted by atomic mass is 10.0. The number of guanidine groups is 1. The first-order valence-corrected chi connectivity index (χ1v) is 17.3. The van der Waals surface area contributed by atoms with Gasteiger partial charge < -0.3 is 4.90 Å². The van der Waals surface area contributed by atoms with Gasteiger partial charge in [-0.05, 0) is 90.2 Å². The summed E-state index contributed by atoms with van der Waals surface area (Å²) in [7, 11) is 0. The maximum Gasteiger partial charge on any atom is 0.232 e. The molecule has 0 saturated heterocycles. The van der Waals surface area contributed by atoms with Gasteiger partial charge in [-0.1, -0.05) is 152 Å². The van der Waals surface area contributed by atoms with Crippen molar-refractivity contribution >= 4 is 34.4 Å². The minimum absolute atomic E-state index is 0.343. The van der Waals surface area contributed by atoms with Gasteiger partial charge in [0, 0.05) is 28.5 Å². The summed E-state index contributed by atoms with van der Waals surface area (Å²) in [6.45, 7) is 4.19. The van der Waals surface area contributed by atoms with Crippen LogP contribution < -0.4 is 9.80 Å². The van der Waals surface area contributed by atoms with Gasteiger partial charge in [0.1, 0.15) is 6.17 Å². The molecule has 0 N–H and O–H groups in total. The Morgan fingerprint density at radius 1 is 0.431 bits per heavy atom. The SMILES string of the molecule is C/C(=N\C(=N/C(C)N(c1ccccc1)c1cccc(-c2ccccc2)c1)N(c1ccccc1)c1cccc(-c2ccccc2)c1)c1ccccc1. The molecule has 0 aliphatic heterocycles. The molecule has 7 aromatic carbocycles. The van der Waals surface area contributed by atoms with Gasteiger partial charge in [-0.2, -0.15) is 0 Å². The van der Waals surface area contributed by atoms with E-state index in [1.54, 1.807) is 0 Å². The van der Waals surface area contributed by atoms with Gasteiger partial charge in [-0.25, -0.2) is 9.98 Å². The average Bonchev–Trinajstić information content (AvgIpc) is 3.20. The molecular formula is C47H40N4. The Morgan fingerprint density at radius 3 is 1.39 bits per heavy atom. The second-order valence-corrected chi connectivity index (χ2v) is 12.3. The first kappa shape index (κ1) is 33.0. The van der Waals surface area contributed by atoms with Crippen LogP contribution in [-0.2, 0) is 0 Å². The predicted octanol–water partition coefficient (Wildman–Crippen LogP) is 12.2. The second-order valence-electron chi connectivity index (χ2n) is 12.3. The molecule has 0 radical (unpaired) electrons. The van der Waals surface area contributed by atoms with E-state index in [4.69, 9.17) is 9.98 Å². The maximum absolute atomic E-state index is 5.53. The Morgan fingerprint density at radius 2 is 0.843 bits per heavy atom. The Balaban J connectivity index is 1.41. The zero-order valence-corrected chi connectivity index (χ0v) is 28.9. The zero-order chi connectivity index (χ0) is 34.8. The molecule has 0 saturated carbocycles. The van der Waals surface area contributed by atoms with Crippen LogP contribution in [0, 0.1) is 0 Å². The van der Waals surface area contributed by atoms with Crippen molar-refractivity contribution in [2.75, 3.05) is 9.80 Å². The number of hydrogen-bond acceptors (Lipinski definition) is 2. The summed E-state index contributed by atoms with van der Waals surface area (Å²) < 4.78 is 0. The Kier molecular flexibility index (Phi) is 10.2. The van der Waals surface area contributed by atoms with Crippen molar-refractivity contribution in [2.24, 2.45) is 9.98 Å². The molecule has 0 amide bonds. The van der Waals surface area contributed by atoms with Crippen molar-refractivity contribution in [2.45, 2.75) is 20.0 Å². The van der Waals surface area contributed by atoms with Crippen LogP contribution in [0.2, 0.25) is 0 Å². The first-order chi connectivity index (χ1) is 25.1. The van der Waals surface area contributed by atoms with E-state index < -0.39 is 0 Å². The fourth-order valence-corrected chi connectivity index (χ4v) is 6.30. The minimum atomic E-state index is -0.343. The molecule has 7 aromatic rings. The summed E-state index contributed by atoms with van der Waals surface area (Å²) in [6.07, 6.45) is -0.343. The van der Waals surface area contributed by atoms with Crippen molar-refractivity contribution in [1.29, 1.82) is 0 Å². The molecule has 1 unspecified atom stereocenters. The highest BCUT2D eigenvalue weighted by atomic mass is 15.3. The van der Waals surface area contributed by atoms with Crippen LogP contribution in [0.15, 0.2) is 210 Å². The van der Waals surface area contributed by atoms with Crippen molar-refractivity contribution in [3.8, 4) is 22.3 Å². The van der Waals surface area contributed by atoms with Gasteiger partial charge in [-0.15, -0.1) is 0 Å². The molecular weight excluding hydrogens is 621 g/mol. The molecule has 0 bridgehead atoms. The summed E-state index contributed by atoms with van der Waals surface area (Å²) >= 11 is 0. The lowest BCUT2D eigenvalue weighted by Gasteiger charge is -2.31. The topological polar surface area (TPSA) is 31.2 Å². The number of aliphatic imine (C=N–C) groups is 2. The highest BCUT2D eigenvalue weighted by molar-refractivity contribution is 6.12. The highest BCUT2D eigenvalue weighted by Gasteiger charge is 2.23. The van der Waals surface area contributed by atoms with Crippen LogP contribution in [0.25, 0.3) is 22.3 Å². The third-order valence-corrected chi connectivity index (χ3v) is 8.83. The number of anilines is 4. The number of nitrogens with zero attached hydrogens (tertiary/aromatic N) is 4. The molecule has 0 aliphatic rings. The van der Waals surface area contributed by atoms with Crippen LogP contribution >= 0.6 is 0 Å². The van der Waals surface area contributed by atoms with E-state index in [1.165, 1.54) is 5.56 Å². The number of hydrogen-bond donors (Lipinski definition) is 0. The highest BCUT2D eigenvalue weighted by Crippen LogP contribution is 2.34. The number of para-hydroxylation sites is 2. The molecule has 0 fully saturated rings. The normalized spacial score (nSPS) is 12.3. The van der Waals surface area contributed by atoms with Crippen molar-refractivity contribution in [3.63, 3.8) is 0 Å². The quantitative estimate of drug-likeness (QED) is 0.114. The molecule has 248 valence electrons. The van der Waals surface area contributed by atoms with Crippen LogP contribution in [0.5, 0.6) is 0 Å². The summed E-state index contributed by atoms with van der Waals surface area (Å²) in [5, 5.41) is 0. The van der Waals surface area contributed by atoms with Crippen molar-refractivity contribution in [3.05, 3.63) is 206 Å². The van der Waals surface area contributed by atoms with Crippen LogP contribution in [-0.4, -0.2) is 17.8 Å². The van der Waals surface area contributed by atoms with E-state index in [0.717, 1.165) is 50.7 Å². The van der Waals surface area contributed by atoms with E-state index in [1.807, 2.05) is 42.5 Å². The molecule has 4 heteroatoms. The first-order valence-electron chi connectivity index (χ1n) is 17.3. The fraction of sp³-hybridized carbons (Fsp3) is 0.0638. The molecule has 0 heterocycles. The van der Waals surface area contributed by atoms with Crippen LogP contribution in [0.1, 0.15) is 19.4 Å². The van der Waals surface area contributed by atoms with E-state index in [-0.39, 0.29) is 6.17 Å². The van der Waals surface area contributed by atoms with Gasteiger partial charge in [0.05, 0.1) is 0 Å². The third kappa shape index (κ3) is 7.87. The smallest absolute Gasteiger partial charge is 0.232 e.